The van der Waals surface area contributed by atoms with E-state index in [2.05, 4.69) is 15.0 Å². The van der Waals surface area contributed by atoms with Crippen LogP contribution in [0.3, 0.4) is 0 Å². The van der Waals surface area contributed by atoms with Crippen molar-refractivity contribution >= 4 is 23.3 Å². The fourth-order valence-electron chi connectivity index (χ4n) is 2.09. The normalized spacial score (nSPS) is 11.2. The number of fused-ring (bicyclic) bond motifs is 1. The molecule has 1 aromatic carbocycles. The Labute approximate surface area is 118 Å². The Morgan fingerprint density at radius 1 is 1.35 bits per heavy atom. The van der Waals surface area contributed by atoms with Gasteiger partial charge in [0.1, 0.15) is 17.2 Å². The molecule has 20 heavy (non-hydrogen) atoms. The summed E-state index contributed by atoms with van der Waals surface area (Å²) in [6, 6.07) is 3.81. The molecule has 0 fully saturated rings. The van der Waals surface area contributed by atoms with Crippen molar-refractivity contribution in [1.82, 2.24) is 19.5 Å². The molecule has 0 atom stereocenters. The summed E-state index contributed by atoms with van der Waals surface area (Å²) >= 11 is 5.16. The number of H-pyrrole nitrogens is 1. The molecule has 0 aliphatic heterocycles. The van der Waals surface area contributed by atoms with Crippen LogP contribution in [0.2, 0.25) is 0 Å². The highest BCUT2D eigenvalue weighted by atomic mass is 32.1. The van der Waals surface area contributed by atoms with E-state index in [4.69, 9.17) is 12.2 Å². The van der Waals surface area contributed by atoms with Gasteiger partial charge in [-0.05, 0) is 31.3 Å². The summed E-state index contributed by atoms with van der Waals surface area (Å²) in [7, 11) is 0. The van der Waals surface area contributed by atoms with Crippen molar-refractivity contribution < 1.29 is 8.78 Å². The van der Waals surface area contributed by atoms with Crippen molar-refractivity contribution in [2.24, 2.45) is 0 Å². The number of hydrogen-bond donors (Lipinski definition) is 1. The minimum atomic E-state index is -0.663. The minimum absolute atomic E-state index is 0.196. The Hall–Kier alpha value is -2.15. The monoisotopic (exact) mass is 292 g/mol. The summed E-state index contributed by atoms with van der Waals surface area (Å²) in [5, 5.41) is 0. The van der Waals surface area contributed by atoms with Gasteiger partial charge in [-0.1, -0.05) is 0 Å². The number of aromatic amines is 1. The fourth-order valence-corrected chi connectivity index (χ4v) is 2.36. The van der Waals surface area contributed by atoms with Crippen LogP contribution in [0, 0.1) is 23.3 Å². The van der Waals surface area contributed by atoms with Crippen LogP contribution in [0.1, 0.15) is 11.5 Å². The van der Waals surface area contributed by atoms with Crippen LogP contribution < -0.4 is 0 Å². The van der Waals surface area contributed by atoms with Gasteiger partial charge in [0.25, 0.3) is 0 Å². The second-order valence-corrected chi connectivity index (χ2v) is 4.78. The Kier molecular flexibility index (Phi) is 3.06. The maximum atomic E-state index is 13.7. The van der Waals surface area contributed by atoms with Crippen molar-refractivity contribution in [3.63, 3.8) is 0 Å². The molecule has 0 radical (unpaired) electrons. The number of nitrogens with zero attached hydrogens (tertiary/aromatic N) is 3. The second-order valence-electron chi connectivity index (χ2n) is 4.39. The second kappa shape index (κ2) is 4.75. The van der Waals surface area contributed by atoms with Gasteiger partial charge in [-0.25, -0.2) is 18.7 Å². The lowest BCUT2D eigenvalue weighted by Gasteiger charge is -2.05. The van der Waals surface area contributed by atoms with Crippen molar-refractivity contribution in [1.29, 1.82) is 0 Å². The predicted molar refractivity (Wildman–Crippen MR) is 72.9 cm³/mol. The fraction of sp³-hybridized carbons (Fsp3) is 0.154. The minimum Gasteiger partial charge on any atom is -0.328 e. The number of benzene rings is 1. The third-order valence-corrected chi connectivity index (χ3v) is 3.28. The quantitative estimate of drug-likeness (QED) is 0.738. The van der Waals surface area contributed by atoms with Crippen molar-refractivity contribution in [2.75, 3.05) is 0 Å². The molecule has 0 aliphatic rings. The summed E-state index contributed by atoms with van der Waals surface area (Å²) in [5.74, 6) is -0.674. The van der Waals surface area contributed by atoms with E-state index in [0.717, 1.165) is 11.8 Å². The van der Waals surface area contributed by atoms with E-state index in [0.29, 0.717) is 22.7 Å². The molecule has 102 valence electrons. The number of imidazole rings is 1. The molecule has 3 rings (SSSR count). The number of halogens is 2. The van der Waals surface area contributed by atoms with Crippen molar-refractivity contribution in [2.45, 2.75) is 13.5 Å². The maximum Gasteiger partial charge on any atom is 0.178 e. The summed E-state index contributed by atoms with van der Waals surface area (Å²) in [6.07, 6.45) is 1.64. The highest BCUT2D eigenvalue weighted by molar-refractivity contribution is 7.71. The zero-order valence-corrected chi connectivity index (χ0v) is 11.3. The summed E-state index contributed by atoms with van der Waals surface area (Å²) in [4.78, 5) is 11.0. The molecule has 0 amide bonds. The first-order valence-electron chi connectivity index (χ1n) is 5.90. The number of nitrogens with one attached hydrogen (secondary N) is 1. The van der Waals surface area contributed by atoms with Gasteiger partial charge in [-0.2, -0.15) is 0 Å². The maximum absolute atomic E-state index is 13.7. The molecule has 2 heterocycles. The molecular formula is C13H10F2N4S. The van der Waals surface area contributed by atoms with E-state index < -0.39 is 11.6 Å². The molecule has 0 saturated heterocycles. The molecule has 0 saturated carbocycles. The van der Waals surface area contributed by atoms with Gasteiger partial charge in [0.15, 0.2) is 10.6 Å². The van der Waals surface area contributed by atoms with Crippen LogP contribution >= 0.6 is 12.2 Å². The molecule has 7 heteroatoms. The third-order valence-electron chi connectivity index (χ3n) is 2.96. The molecule has 2 aromatic heterocycles. The lowest BCUT2D eigenvalue weighted by Crippen LogP contribution is -2.03. The Morgan fingerprint density at radius 3 is 2.90 bits per heavy atom. The van der Waals surface area contributed by atoms with Gasteiger partial charge in [0, 0.05) is 12.3 Å². The standard InChI is InChI=1S/C13H10F2N4S/c1-7-16-3-2-9(17-7)6-19-11-5-8(14)4-10(15)12(11)18-13(19)20/h2-5H,6H2,1H3,(H,18,20). The molecule has 0 bridgehead atoms. The Balaban J connectivity index is 2.16. The Morgan fingerprint density at radius 2 is 2.15 bits per heavy atom. The smallest absolute Gasteiger partial charge is 0.178 e. The van der Waals surface area contributed by atoms with Crippen molar-refractivity contribution in [3.05, 3.63) is 52.3 Å². The van der Waals surface area contributed by atoms with Crippen molar-refractivity contribution in [3.8, 4) is 0 Å². The third kappa shape index (κ3) is 2.20. The first-order valence-corrected chi connectivity index (χ1v) is 6.31. The molecule has 0 unspecified atom stereocenters. The summed E-state index contributed by atoms with van der Waals surface area (Å²) in [5.41, 5.74) is 1.30. The van der Waals surface area contributed by atoms with Gasteiger partial charge in [-0.15, -0.1) is 0 Å². The van der Waals surface area contributed by atoms with E-state index in [1.54, 1.807) is 23.8 Å². The molecule has 0 spiro atoms. The number of rotatable bonds is 2. The van der Waals surface area contributed by atoms with E-state index in [-0.39, 0.29) is 5.52 Å². The number of aromatic nitrogens is 4. The van der Waals surface area contributed by atoms with E-state index in [1.807, 2.05) is 0 Å². The first kappa shape index (κ1) is 12.9. The molecule has 3 aromatic rings. The number of aryl methyl sites for hydroxylation is 1. The van der Waals surface area contributed by atoms with Crippen LogP contribution in [-0.2, 0) is 6.54 Å². The number of hydrogen-bond acceptors (Lipinski definition) is 3. The average molecular weight is 292 g/mol. The van der Waals surface area contributed by atoms with Gasteiger partial charge < -0.3 is 9.55 Å². The molecule has 0 aliphatic carbocycles. The van der Waals surface area contributed by atoms with Gasteiger partial charge in [0.2, 0.25) is 0 Å². The van der Waals surface area contributed by atoms with E-state index in [1.165, 1.54) is 6.07 Å². The van der Waals surface area contributed by atoms with Crippen LogP contribution in [-0.4, -0.2) is 19.5 Å². The lowest BCUT2D eigenvalue weighted by molar-refractivity contribution is 0.590. The van der Waals surface area contributed by atoms with Gasteiger partial charge in [0.05, 0.1) is 17.8 Å². The summed E-state index contributed by atoms with van der Waals surface area (Å²) < 4.78 is 29.0. The largest absolute Gasteiger partial charge is 0.328 e. The SMILES string of the molecule is Cc1nccc(Cn2c(=S)[nH]c3c(F)cc(F)cc32)n1. The lowest BCUT2D eigenvalue weighted by atomic mass is 10.3. The van der Waals surface area contributed by atoms with Crippen LogP contribution in [0.4, 0.5) is 8.78 Å². The molecular weight excluding hydrogens is 282 g/mol. The average Bonchev–Trinajstić information content (AvgIpc) is 2.68. The van der Waals surface area contributed by atoms with Gasteiger partial charge >= 0.3 is 0 Å². The molecule has 4 nitrogen and oxygen atoms in total. The van der Waals surface area contributed by atoms with Crippen LogP contribution in [0.15, 0.2) is 24.4 Å². The van der Waals surface area contributed by atoms with Gasteiger partial charge in [-0.3, -0.25) is 0 Å². The zero-order valence-electron chi connectivity index (χ0n) is 10.5. The van der Waals surface area contributed by atoms with Crippen LogP contribution in [0.25, 0.3) is 11.0 Å². The highest BCUT2D eigenvalue weighted by Gasteiger charge is 2.11. The zero-order chi connectivity index (χ0) is 14.3. The first-order chi connectivity index (χ1) is 9.54. The summed E-state index contributed by atoms with van der Waals surface area (Å²) in [6.45, 7) is 2.10. The Bertz CT molecular complexity index is 853. The topological polar surface area (TPSA) is 46.5 Å². The van der Waals surface area contributed by atoms with E-state index in [9.17, 15) is 8.78 Å². The molecule has 1 N–H and O–H groups in total. The van der Waals surface area contributed by atoms with Crippen LogP contribution in [0.5, 0.6) is 0 Å². The predicted octanol–water partition coefficient (Wildman–Crippen LogP) is 3.12. The highest BCUT2D eigenvalue weighted by Crippen LogP contribution is 2.20. The van der Waals surface area contributed by atoms with E-state index >= 15 is 0 Å².